The summed E-state index contributed by atoms with van der Waals surface area (Å²) in [4.78, 5) is 11.0. The fraction of sp³-hybridized carbons (Fsp3) is 0.200. The first-order valence-corrected chi connectivity index (χ1v) is 9.55. The monoisotopic (exact) mass is 438 g/mol. The van der Waals surface area contributed by atoms with Crippen molar-refractivity contribution in [2.75, 3.05) is 0 Å². The maximum absolute atomic E-state index is 11.0. The third-order valence-electron chi connectivity index (χ3n) is 4.29. The first-order chi connectivity index (χ1) is 13.3. The first kappa shape index (κ1) is 20.7. The molecule has 0 spiro atoms. The van der Waals surface area contributed by atoms with Gasteiger partial charge >= 0.3 is 5.97 Å². The topological polar surface area (TPSA) is 64.3 Å². The highest BCUT2D eigenvalue weighted by molar-refractivity contribution is 6.35. The van der Waals surface area contributed by atoms with E-state index in [0.717, 1.165) is 16.8 Å². The van der Waals surface area contributed by atoms with Crippen LogP contribution in [0.3, 0.4) is 0 Å². The van der Waals surface area contributed by atoms with Crippen LogP contribution in [0.2, 0.25) is 15.1 Å². The molecular weight excluding hydrogens is 423 g/mol. The Morgan fingerprint density at radius 2 is 1.79 bits per heavy atom. The van der Waals surface area contributed by atoms with E-state index in [4.69, 9.17) is 44.6 Å². The van der Waals surface area contributed by atoms with E-state index in [9.17, 15) is 4.79 Å². The zero-order valence-corrected chi connectivity index (χ0v) is 17.4. The number of hydrogen-bond acceptors (Lipinski definition) is 3. The van der Waals surface area contributed by atoms with Crippen molar-refractivity contribution in [3.05, 3.63) is 68.8 Å². The molecule has 3 aromatic rings. The van der Waals surface area contributed by atoms with Crippen LogP contribution < -0.4 is 0 Å². The van der Waals surface area contributed by atoms with Gasteiger partial charge in [0, 0.05) is 21.2 Å². The van der Waals surface area contributed by atoms with Crippen molar-refractivity contribution in [2.24, 2.45) is 0 Å². The average Bonchev–Trinajstić information content (AvgIpc) is 2.96. The van der Waals surface area contributed by atoms with Crippen LogP contribution >= 0.6 is 34.8 Å². The maximum atomic E-state index is 11.0. The van der Waals surface area contributed by atoms with E-state index in [1.807, 2.05) is 19.1 Å². The van der Waals surface area contributed by atoms with Crippen LogP contribution in [0.1, 0.15) is 18.2 Å². The standard InChI is InChI=1S/C20H17Cl3N2O3/c1-11-17(10-28-12(2)20(26)27)24-25(18-8-7-15(22)9-16(18)23)19(11)13-3-5-14(21)6-4-13/h3-9,12H,10H2,1-2H3,(H,26,27). The number of ether oxygens (including phenoxy) is 1. The second-order valence-corrected chi connectivity index (χ2v) is 7.51. The second kappa shape index (κ2) is 8.53. The molecule has 8 heteroatoms. The Morgan fingerprint density at radius 1 is 1.14 bits per heavy atom. The fourth-order valence-electron chi connectivity index (χ4n) is 2.73. The van der Waals surface area contributed by atoms with E-state index in [0.29, 0.717) is 26.4 Å². The van der Waals surface area contributed by atoms with Gasteiger partial charge in [0.2, 0.25) is 0 Å². The summed E-state index contributed by atoms with van der Waals surface area (Å²) < 4.78 is 7.14. The zero-order valence-electron chi connectivity index (χ0n) is 15.1. The Hall–Kier alpha value is -2.05. The molecule has 5 nitrogen and oxygen atoms in total. The molecule has 0 saturated heterocycles. The van der Waals surface area contributed by atoms with Crippen molar-refractivity contribution < 1.29 is 14.6 Å². The molecule has 2 aromatic carbocycles. The van der Waals surface area contributed by atoms with E-state index in [1.165, 1.54) is 6.92 Å². The highest BCUT2D eigenvalue weighted by Gasteiger charge is 2.21. The van der Waals surface area contributed by atoms with Gasteiger partial charge < -0.3 is 9.84 Å². The molecule has 0 aliphatic heterocycles. The van der Waals surface area contributed by atoms with Gasteiger partial charge in [0.25, 0.3) is 0 Å². The zero-order chi connectivity index (χ0) is 20.4. The molecule has 0 radical (unpaired) electrons. The molecule has 1 unspecified atom stereocenters. The first-order valence-electron chi connectivity index (χ1n) is 8.42. The summed E-state index contributed by atoms with van der Waals surface area (Å²) in [5, 5.41) is 15.3. The summed E-state index contributed by atoms with van der Waals surface area (Å²) in [7, 11) is 0. The van der Waals surface area contributed by atoms with Crippen molar-refractivity contribution in [1.29, 1.82) is 0 Å². The third-order valence-corrected chi connectivity index (χ3v) is 5.08. The Labute approximate surface area is 177 Å². The lowest BCUT2D eigenvalue weighted by Gasteiger charge is -2.11. The highest BCUT2D eigenvalue weighted by atomic mass is 35.5. The molecule has 0 fully saturated rings. The molecule has 1 heterocycles. The molecule has 146 valence electrons. The average molecular weight is 440 g/mol. The number of rotatable bonds is 6. The van der Waals surface area contributed by atoms with Crippen LogP contribution in [0.15, 0.2) is 42.5 Å². The molecular formula is C20H17Cl3N2O3. The number of benzene rings is 2. The van der Waals surface area contributed by atoms with Crippen LogP contribution in [-0.2, 0) is 16.1 Å². The number of aliphatic carboxylic acids is 1. The minimum atomic E-state index is -1.03. The molecule has 0 aliphatic carbocycles. The minimum absolute atomic E-state index is 0.0537. The number of halogens is 3. The summed E-state index contributed by atoms with van der Waals surface area (Å²) >= 11 is 18.5. The Kier molecular flexibility index (Phi) is 6.30. The maximum Gasteiger partial charge on any atom is 0.332 e. The third kappa shape index (κ3) is 4.33. The number of hydrogen-bond donors (Lipinski definition) is 1. The van der Waals surface area contributed by atoms with Gasteiger partial charge in [-0.15, -0.1) is 0 Å². The van der Waals surface area contributed by atoms with Gasteiger partial charge in [-0.1, -0.05) is 46.9 Å². The molecule has 1 atom stereocenters. The molecule has 0 aliphatic rings. The molecule has 0 bridgehead atoms. The van der Waals surface area contributed by atoms with Crippen molar-refractivity contribution in [3.8, 4) is 16.9 Å². The van der Waals surface area contributed by atoms with Gasteiger partial charge in [0.1, 0.15) is 0 Å². The Morgan fingerprint density at radius 3 is 2.39 bits per heavy atom. The molecule has 0 saturated carbocycles. The Balaban J connectivity index is 2.12. The van der Waals surface area contributed by atoms with E-state index in [2.05, 4.69) is 5.10 Å². The quantitative estimate of drug-likeness (QED) is 0.527. The predicted molar refractivity (Wildman–Crippen MR) is 111 cm³/mol. The number of nitrogens with zero attached hydrogens (tertiary/aromatic N) is 2. The summed E-state index contributed by atoms with van der Waals surface area (Å²) in [5.74, 6) is -1.03. The molecule has 1 aromatic heterocycles. The number of carbonyl (C=O) groups is 1. The summed E-state index contributed by atoms with van der Waals surface area (Å²) in [6.07, 6.45) is -0.942. The van der Waals surface area contributed by atoms with Crippen LogP contribution in [0.4, 0.5) is 0 Å². The van der Waals surface area contributed by atoms with Gasteiger partial charge in [-0.2, -0.15) is 5.10 Å². The lowest BCUT2D eigenvalue weighted by Crippen LogP contribution is -2.19. The van der Waals surface area contributed by atoms with Crippen LogP contribution in [0.25, 0.3) is 16.9 Å². The van der Waals surface area contributed by atoms with E-state index in [-0.39, 0.29) is 6.61 Å². The second-order valence-electron chi connectivity index (χ2n) is 6.23. The van der Waals surface area contributed by atoms with Gasteiger partial charge in [-0.05, 0) is 44.2 Å². The fourth-order valence-corrected chi connectivity index (χ4v) is 3.34. The van der Waals surface area contributed by atoms with Gasteiger partial charge in [-0.25, -0.2) is 9.48 Å². The molecule has 3 rings (SSSR count). The predicted octanol–water partition coefficient (Wildman–Crippen LogP) is 5.80. The van der Waals surface area contributed by atoms with Gasteiger partial charge in [0.15, 0.2) is 6.10 Å². The van der Waals surface area contributed by atoms with Gasteiger partial charge in [-0.3, -0.25) is 0 Å². The van der Waals surface area contributed by atoms with Crippen molar-refractivity contribution in [1.82, 2.24) is 9.78 Å². The van der Waals surface area contributed by atoms with E-state index >= 15 is 0 Å². The molecule has 1 N–H and O–H groups in total. The van der Waals surface area contributed by atoms with E-state index < -0.39 is 12.1 Å². The van der Waals surface area contributed by atoms with Crippen LogP contribution in [0, 0.1) is 6.92 Å². The summed E-state index contributed by atoms with van der Waals surface area (Å²) in [6, 6.07) is 12.5. The van der Waals surface area contributed by atoms with Crippen LogP contribution in [-0.4, -0.2) is 27.0 Å². The van der Waals surface area contributed by atoms with Crippen molar-refractivity contribution >= 4 is 40.8 Å². The molecule has 0 amide bonds. The smallest absolute Gasteiger partial charge is 0.332 e. The summed E-state index contributed by atoms with van der Waals surface area (Å²) in [5.41, 5.74) is 3.81. The molecule has 28 heavy (non-hydrogen) atoms. The minimum Gasteiger partial charge on any atom is -0.479 e. The van der Waals surface area contributed by atoms with Gasteiger partial charge in [0.05, 0.1) is 28.7 Å². The number of aromatic nitrogens is 2. The lowest BCUT2D eigenvalue weighted by atomic mass is 10.1. The van der Waals surface area contributed by atoms with E-state index in [1.54, 1.807) is 35.0 Å². The van der Waals surface area contributed by atoms with Crippen LogP contribution in [0.5, 0.6) is 0 Å². The lowest BCUT2D eigenvalue weighted by molar-refractivity contribution is -0.149. The van der Waals surface area contributed by atoms with Crippen molar-refractivity contribution in [3.63, 3.8) is 0 Å². The summed E-state index contributed by atoms with van der Waals surface area (Å²) in [6.45, 7) is 3.43. The normalized spacial score (nSPS) is 12.2. The van der Waals surface area contributed by atoms with Crippen molar-refractivity contribution in [2.45, 2.75) is 26.6 Å². The Bertz CT molecular complexity index is 1020. The highest BCUT2D eigenvalue weighted by Crippen LogP contribution is 2.33. The largest absolute Gasteiger partial charge is 0.479 e. The number of carboxylic acid groups (broad SMARTS) is 1. The SMILES string of the molecule is Cc1c(COC(C)C(=O)O)nn(-c2ccc(Cl)cc2Cl)c1-c1ccc(Cl)cc1. The number of carboxylic acids is 1.